The van der Waals surface area contributed by atoms with E-state index in [-0.39, 0.29) is 6.10 Å². The van der Waals surface area contributed by atoms with Crippen LogP contribution in [0.2, 0.25) is 0 Å². The Hall–Kier alpha value is 0.620. The third kappa shape index (κ3) is 2.28. The van der Waals surface area contributed by atoms with E-state index < -0.39 is 0 Å². The van der Waals surface area contributed by atoms with Crippen LogP contribution in [0.5, 0.6) is 0 Å². The van der Waals surface area contributed by atoms with Crippen molar-refractivity contribution >= 4 is 43.2 Å². The van der Waals surface area contributed by atoms with Crippen molar-refractivity contribution in [2.24, 2.45) is 0 Å². The van der Waals surface area contributed by atoms with Crippen molar-refractivity contribution in [2.75, 3.05) is 0 Å². The van der Waals surface area contributed by atoms with Crippen LogP contribution in [-0.2, 0) is 0 Å². The molecule has 0 saturated carbocycles. The minimum Gasteiger partial charge on any atom is -0.388 e. The quantitative estimate of drug-likeness (QED) is 0.882. The fourth-order valence-corrected chi connectivity index (χ4v) is 3.76. The molecule has 0 aliphatic carbocycles. The second-order valence-corrected chi connectivity index (χ2v) is 5.95. The Morgan fingerprint density at radius 2 is 2.27 bits per heavy atom. The maximum Gasteiger partial charge on any atom is 0.0807 e. The van der Waals surface area contributed by atoms with Gasteiger partial charge in [0, 0.05) is 5.56 Å². The molecule has 0 saturated heterocycles. The number of aliphatic hydroxyl groups excluding tert-OH is 1. The highest BCUT2D eigenvalue weighted by atomic mass is 79.9. The van der Waals surface area contributed by atoms with Crippen molar-refractivity contribution in [3.63, 3.8) is 0 Å². The molecule has 0 fully saturated rings. The molecule has 62 valence electrons. The van der Waals surface area contributed by atoms with Gasteiger partial charge in [-0.05, 0) is 44.3 Å². The first-order valence-corrected chi connectivity index (χ1v) is 5.68. The highest BCUT2D eigenvalue weighted by Gasteiger charge is 2.11. The average molecular weight is 300 g/mol. The monoisotopic (exact) mass is 298 g/mol. The van der Waals surface area contributed by atoms with Gasteiger partial charge in [0.15, 0.2) is 0 Å². The van der Waals surface area contributed by atoms with Crippen molar-refractivity contribution in [2.45, 2.75) is 19.4 Å². The van der Waals surface area contributed by atoms with E-state index in [1.54, 1.807) is 11.3 Å². The number of halogens is 2. The normalized spacial score (nSPS) is 13.5. The molecule has 1 rings (SSSR count). The predicted molar refractivity (Wildman–Crippen MR) is 55.0 cm³/mol. The highest BCUT2D eigenvalue weighted by molar-refractivity contribution is 9.12. The molecule has 1 heterocycles. The van der Waals surface area contributed by atoms with Gasteiger partial charge in [-0.2, -0.15) is 0 Å². The van der Waals surface area contributed by atoms with Gasteiger partial charge in [0.05, 0.1) is 13.7 Å². The molecule has 0 spiro atoms. The number of thiophene rings is 1. The Kier molecular flexibility index (Phi) is 3.55. The molecule has 0 amide bonds. The number of hydrogen-bond donors (Lipinski definition) is 1. The second-order valence-electron chi connectivity index (χ2n) is 2.20. The summed E-state index contributed by atoms with van der Waals surface area (Å²) in [5, 5.41) is 9.48. The molecule has 0 bridgehead atoms. The predicted octanol–water partition coefficient (Wildman–Crippen LogP) is 3.72. The van der Waals surface area contributed by atoms with Gasteiger partial charge < -0.3 is 5.11 Å². The van der Waals surface area contributed by atoms with Crippen LogP contribution in [0.25, 0.3) is 0 Å². The molecule has 1 nitrogen and oxygen atoms in total. The maximum atomic E-state index is 9.48. The van der Waals surface area contributed by atoms with Crippen LogP contribution in [0.15, 0.2) is 13.6 Å². The van der Waals surface area contributed by atoms with Crippen LogP contribution in [0.1, 0.15) is 25.0 Å². The summed E-state index contributed by atoms with van der Waals surface area (Å²) in [6.45, 7) is 1.96. The topological polar surface area (TPSA) is 20.2 Å². The Bertz CT molecular complexity index is 247. The van der Waals surface area contributed by atoms with Crippen LogP contribution in [-0.4, -0.2) is 5.11 Å². The van der Waals surface area contributed by atoms with Crippen molar-refractivity contribution in [3.8, 4) is 0 Å². The van der Waals surface area contributed by atoms with E-state index in [4.69, 9.17) is 0 Å². The summed E-state index contributed by atoms with van der Waals surface area (Å²) in [4.78, 5) is 0. The van der Waals surface area contributed by atoms with Crippen LogP contribution in [0.4, 0.5) is 0 Å². The zero-order valence-corrected chi connectivity index (χ0v) is 9.96. The lowest BCUT2D eigenvalue weighted by Crippen LogP contribution is -1.92. The Labute approximate surface area is 86.7 Å². The first-order chi connectivity index (χ1) is 5.15. The van der Waals surface area contributed by atoms with Gasteiger partial charge in [0.25, 0.3) is 0 Å². The van der Waals surface area contributed by atoms with E-state index in [1.807, 2.05) is 13.0 Å². The van der Waals surface area contributed by atoms with Gasteiger partial charge in [-0.25, -0.2) is 0 Å². The SMILES string of the molecule is CC[C@H](O)c1cc(Br)sc1Br. The first-order valence-electron chi connectivity index (χ1n) is 3.28. The minimum atomic E-state index is -0.341. The van der Waals surface area contributed by atoms with Gasteiger partial charge in [0.1, 0.15) is 0 Å². The summed E-state index contributed by atoms with van der Waals surface area (Å²) in [6.07, 6.45) is 0.411. The summed E-state index contributed by atoms with van der Waals surface area (Å²) < 4.78 is 2.06. The van der Waals surface area contributed by atoms with Crippen LogP contribution < -0.4 is 0 Å². The van der Waals surface area contributed by atoms with E-state index in [9.17, 15) is 5.11 Å². The van der Waals surface area contributed by atoms with E-state index in [2.05, 4.69) is 31.9 Å². The summed E-state index contributed by atoms with van der Waals surface area (Å²) >= 11 is 8.33. The Morgan fingerprint density at radius 1 is 1.64 bits per heavy atom. The Morgan fingerprint density at radius 3 is 2.64 bits per heavy atom. The molecular formula is C7H8Br2OS. The van der Waals surface area contributed by atoms with E-state index >= 15 is 0 Å². The second kappa shape index (κ2) is 4.03. The van der Waals surface area contributed by atoms with Gasteiger partial charge in [0.2, 0.25) is 0 Å². The van der Waals surface area contributed by atoms with E-state index in [1.165, 1.54) is 0 Å². The Balaban J connectivity index is 2.93. The molecule has 0 aliphatic heterocycles. The van der Waals surface area contributed by atoms with Crippen LogP contribution >= 0.6 is 43.2 Å². The van der Waals surface area contributed by atoms with Gasteiger partial charge in [-0.15, -0.1) is 11.3 Å². The lowest BCUT2D eigenvalue weighted by atomic mass is 10.1. The highest BCUT2D eigenvalue weighted by Crippen LogP contribution is 2.36. The minimum absolute atomic E-state index is 0.341. The van der Waals surface area contributed by atoms with E-state index in [0.29, 0.717) is 0 Å². The van der Waals surface area contributed by atoms with Crippen molar-refractivity contribution in [1.82, 2.24) is 0 Å². The largest absolute Gasteiger partial charge is 0.388 e. The average Bonchev–Trinajstić information content (AvgIpc) is 2.28. The van der Waals surface area contributed by atoms with Crippen LogP contribution in [0.3, 0.4) is 0 Å². The molecule has 0 radical (unpaired) electrons. The summed E-state index contributed by atoms with van der Waals surface area (Å²) in [6, 6.07) is 1.95. The molecule has 0 aromatic carbocycles. The number of rotatable bonds is 2. The van der Waals surface area contributed by atoms with Gasteiger partial charge in [-0.3, -0.25) is 0 Å². The van der Waals surface area contributed by atoms with Crippen molar-refractivity contribution in [1.29, 1.82) is 0 Å². The van der Waals surface area contributed by atoms with Crippen molar-refractivity contribution < 1.29 is 5.11 Å². The fraction of sp³-hybridized carbons (Fsp3) is 0.429. The first kappa shape index (κ1) is 9.71. The molecule has 11 heavy (non-hydrogen) atoms. The molecule has 1 atom stereocenters. The summed E-state index contributed by atoms with van der Waals surface area (Å²) in [7, 11) is 0. The number of aliphatic hydroxyl groups is 1. The van der Waals surface area contributed by atoms with Gasteiger partial charge in [-0.1, -0.05) is 6.92 Å². The zero-order valence-electron chi connectivity index (χ0n) is 5.97. The van der Waals surface area contributed by atoms with Crippen LogP contribution in [0, 0.1) is 0 Å². The van der Waals surface area contributed by atoms with Gasteiger partial charge >= 0.3 is 0 Å². The summed E-state index contributed by atoms with van der Waals surface area (Å²) in [5.74, 6) is 0. The molecule has 1 N–H and O–H groups in total. The summed E-state index contributed by atoms with van der Waals surface area (Å²) in [5.41, 5.74) is 0.976. The maximum absolute atomic E-state index is 9.48. The zero-order chi connectivity index (χ0) is 8.43. The molecule has 1 aromatic heterocycles. The third-order valence-corrected chi connectivity index (χ3v) is 3.81. The number of hydrogen-bond acceptors (Lipinski definition) is 2. The van der Waals surface area contributed by atoms with E-state index in [0.717, 1.165) is 19.6 Å². The smallest absolute Gasteiger partial charge is 0.0807 e. The third-order valence-electron chi connectivity index (χ3n) is 1.43. The molecule has 1 aromatic rings. The molecule has 0 aliphatic rings. The lowest BCUT2D eigenvalue weighted by Gasteiger charge is -2.04. The lowest BCUT2D eigenvalue weighted by molar-refractivity contribution is 0.173. The molecule has 4 heteroatoms. The molecular weight excluding hydrogens is 292 g/mol. The standard InChI is InChI=1S/C7H8Br2OS/c1-2-5(10)4-3-6(8)11-7(4)9/h3,5,10H,2H2,1H3/t5-/m0/s1. The fourth-order valence-electron chi connectivity index (χ4n) is 0.800. The van der Waals surface area contributed by atoms with Crippen molar-refractivity contribution in [3.05, 3.63) is 19.2 Å². The molecule has 0 unspecified atom stereocenters.